The fourth-order valence-electron chi connectivity index (χ4n) is 2.70. The smallest absolute Gasteiger partial charge is 0.255 e. The van der Waals surface area contributed by atoms with E-state index >= 15 is 0 Å². The maximum absolute atomic E-state index is 12.5. The molecule has 0 fully saturated rings. The second-order valence-corrected chi connectivity index (χ2v) is 7.74. The van der Waals surface area contributed by atoms with E-state index in [4.69, 9.17) is 16.7 Å². The highest BCUT2D eigenvalue weighted by atomic mass is 35.5. The molecule has 1 heterocycles. The molecular weight excluding hydrogens is 412 g/mol. The summed E-state index contributed by atoms with van der Waals surface area (Å²) in [6.45, 7) is -0.0926. The second kappa shape index (κ2) is 9.76. The summed E-state index contributed by atoms with van der Waals surface area (Å²) in [5.41, 5.74) is 3.85. The normalized spacial score (nSPS) is 11.8. The van der Waals surface area contributed by atoms with Gasteiger partial charge in [-0.25, -0.2) is 0 Å². The van der Waals surface area contributed by atoms with Crippen LogP contribution in [-0.4, -0.2) is 30.5 Å². The van der Waals surface area contributed by atoms with E-state index < -0.39 is 11.1 Å². The molecule has 1 aromatic heterocycles. The molecule has 0 aliphatic carbocycles. The first kappa shape index (κ1) is 21.1. The van der Waals surface area contributed by atoms with Gasteiger partial charge in [0.2, 0.25) is 0 Å². The zero-order chi connectivity index (χ0) is 20.8. The lowest BCUT2D eigenvalue weighted by Crippen LogP contribution is -2.12. The number of aromatic nitrogens is 1. The number of pyridine rings is 1. The van der Waals surface area contributed by atoms with Crippen LogP contribution in [0.3, 0.4) is 0 Å². The average molecular weight is 430 g/mol. The Bertz CT molecular complexity index is 1020. The van der Waals surface area contributed by atoms with Crippen LogP contribution in [0.25, 0.3) is 11.3 Å². The SMILES string of the molecule is O=C(Nc1ccc(Cl)c(-c2ccc(CO)cn2)c1)c1ccc(CCS(=O)[O-])cc1. The van der Waals surface area contributed by atoms with Crippen LogP contribution in [0, 0.1) is 0 Å². The van der Waals surface area contributed by atoms with Crippen LogP contribution < -0.4 is 5.32 Å². The van der Waals surface area contributed by atoms with Crippen molar-refractivity contribution in [1.82, 2.24) is 4.98 Å². The van der Waals surface area contributed by atoms with E-state index in [9.17, 15) is 13.6 Å². The van der Waals surface area contributed by atoms with Crippen molar-refractivity contribution in [2.75, 3.05) is 11.1 Å². The number of halogens is 1. The molecule has 0 aliphatic heterocycles. The van der Waals surface area contributed by atoms with Crippen LogP contribution in [0.5, 0.6) is 0 Å². The number of aliphatic hydroxyl groups is 1. The third-order valence-electron chi connectivity index (χ3n) is 4.28. The van der Waals surface area contributed by atoms with Crippen molar-refractivity contribution >= 4 is 34.3 Å². The lowest BCUT2D eigenvalue weighted by Gasteiger charge is -2.10. The van der Waals surface area contributed by atoms with Crippen molar-refractivity contribution in [3.05, 3.63) is 82.5 Å². The zero-order valence-corrected chi connectivity index (χ0v) is 16.9. The van der Waals surface area contributed by atoms with E-state index in [1.54, 1.807) is 60.8 Å². The monoisotopic (exact) mass is 429 g/mol. The molecule has 0 aliphatic rings. The summed E-state index contributed by atoms with van der Waals surface area (Å²) in [6.07, 6.45) is 1.97. The predicted molar refractivity (Wildman–Crippen MR) is 112 cm³/mol. The molecule has 3 rings (SSSR count). The van der Waals surface area contributed by atoms with Crippen LogP contribution in [0.1, 0.15) is 21.5 Å². The maximum atomic E-state index is 12.5. The van der Waals surface area contributed by atoms with E-state index in [0.717, 1.165) is 5.56 Å². The zero-order valence-electron chi connectivity index (χ0n) is 15.3. The van der Waals surface area contributed by atoms with E-state index in [1.807, 2.05) is 0 Å². The molecule has 0 saturated carbocycles. The molecule has 8 heteroatoms. The number of hydrogen-bond donors (Lipinski definition) is 2. The molecule has 1 unspecified atom stereocenters. The Morgan fingerprint density at radius 2 is 1.83 bits per heavy atom. The number of carbonyl (C=O) groups is 1. The molecule has 3 aromatic rings. The Balaban J connectivity index is 1.74. The van der Waals surface area contributed by atoms with Gasteiger partial charge < -0.3 is 15.0 Å². The minimum absolute atomic E-state index is 0.0480. The topological polar surface area (TPSA) is 102 Å². The molecule has 2 aromatic carbocycles. The van der Waals surface area contributed by atoms with Crippen molar-refractivity contribution in [3.63, 3.8) is 0 Å². The fourth-order valence-corrected chi connectivity index (χ4v) is 3.32. The number of rotatable bonds is 7. The van der Waals surface area contributed by atoms with Gasteiger partial charge in [-0.15, -0.1) is 0 Å². The summed E-state index contributed by atoms with van der Waals surface area (Å²) in [5.74, 6) is -0.243. The minimum Gasteiger partial charge on any atom is -0.772 e. The Labute approximate surface area is 175 Å². The number of carbonyl (C=O) groups excluding carboxylic acids is 1. The van der Waals surface area contributed by atoms with Gasteiger partial charge in [-0.2, -0.15) is 0 Å². The summed E-state index contributed by atoms with van der Waals surface area (Å²) in [6, 6.07) is 15.4. The highest BCUT2D eigenvalue weighted by Crippen LogP contribution is 2.29. The van der Waals surface area contributed by atoms with Gasteiger partial charge in [0.05, 0.1) is 17.3 Å². The lowest BCUT2D eigenvalue weighted by atomic mass is 10.1. The van der Waals surface area contributed by atoms with Crippen molar-refractivity contribution in [2.45, 2.75) is 13.0 Å². The van der Waals surface area contributed by atoms with E-state index in [1.165, 1.54) is 0 Å². The van der Waals surface area contributed by atoms with Crippen LogP contribution in [0.15, 0.2) is 60.8 Å². The van der Waals surface area contributed by atoms with Gasteiger partial charge in [-0.3, -0.25) is 14.0 Å². The molecule has 29 heavy (non-hydrogen) atoms. The van der Waals surface area contributed by atoms with Crippen LogP contribution in [0.2, 0.25) is 5.02 Å². The summed E-state index contributed by atoms with van der Waals surface area (Å²) < 4.78 is 21.3. The first-order valence-electron chi connectivity index (χ1n) is 8.78. The standard InChI is InChI=1S/C21H19ClN2O4S/c22-19-7-6-17(11-18(19)20-8-3-15(13-25)12-23-20)24-21(26)16-4-1-14(2-5-16)9-10-29(27)28/h1-8,11-12,25H,9-10,13H2,(H,24,26)(H,27,28)/p-1. The summed E-state index contributed by atoms with van der Waals surface area (Å²) in [7, 11) is 0. The number of aryl methyl sites for hydroxylation is 1. The lowest BCUT2D eigenvalue weighted by molar-refractivity contribution is 0.102. The highest BCUT2D eigenvalue weighted by Gasteiger charge is 2.10. The third-order valence-corrected chi connectivity index (χ3v) is 5.15. The molecule has 1 atom stereocenters. The van der Waals surface area contributed by atoms with Crippen LogP contribution >= 0.6 is 11.6 Å². The molecule has 150 valence electrons. The van der Waals surface area contributed by atoms with E-state index in [2.05, 4.69) is 10.3 Å². The summed E-state index contributed by atoms with van der Waals surface area (Å²) >= 11 is 4.19. The maximum Gasteiger partial charge on any atom is 0.255 e. The summed E-state index contributed by atoms with van der Waals surface area (Å²) in [4.78, 5) is 16.8. The van der Waals surface area contributed by atoms with Gasteiger partial charge in [0.1, 0.15) is 0 Å². The Morgan fingerprint density at radius 3 is 2.45 bits per heavy atom. The van der Waals surface area contributed by atoms with Gasteiger partial charge in [0.25, 0.3) is 5.91 Å². The largest absolute Gasteiger partial charge is 0.772 e. The van der Waals surface area contributed by atoms with Crippen molar-refractivity contribution < 1.29 is 18.7 Å². The molecular formula is C21H18ClN2O4S-. The third kappa shape index (κ3) is 5.71. The second-order valence-electron chi connectivity index (χ2n) is 6.31. The van der Waals surface area contributed by atoms with Crippen LogP contribution in [-0.2, 0) is 24.1 Å². The molecule has 6 nitrogen and oxygen atoms in total. The molecule has 1 amide bonds. The predicted octanol–water partition coefficient (Wildman–Crippen LogP) is 3.57. The number of nitrogens with one attached hydrogen (secondary N) is 1. The number of amides is 1. The molecule has 0 radical (unpaired) electrons. The molecule has 0 saturated heterocycles. The quantitative estimate of drug-likeness (QED) is 0.559. The van der Waals surface area contributed by atoms with E-state index in [0.29, 0.717) is 39.5 Å². The van der Waals surface area contributed by atoms with Gasteiger partial charge in [0.15, 0.2) is 0 Å². The van der Waals surface area contributed by atoms with Gasteiger partial charge in [-0.1, -0.05) is 40.9 Å². The Kier molecular flexibility index (Phi) is 7.11. The number of anilines is 1. The van der Waals surface area contributed by atoms with E-state index in [-0.39, 0.29) is 18.3 Å². The Hall–Kier alpha value is -2.58. The highest BCUT2D eigenvalue weighted by molar-refractivity contribution is 7.79. The fraction of sp³-hybridized carbons (Fsp3) is 0.143. The van der Waals surface area contributed by atoms with Gasteiger partial charge in [-0.05, 0) is 53.9 Å². The first-order chi connectivity index (χ1) is 14.0. The number of aliphatic hydroxyl groups excluding tert-OH is 1. The average Bonchev–Trinajstić information content (AvgIpc) is 2.74. The number of nitrogens with zero attached hydrogens (tertiary/aromatic N) is 1. The first-order valence-corrected chi connectivity index (χ1v) is 10.4. The molecule has 2 N–H and O–H groups in total. The number of hydrogen-bond acceptors (Lipinski definition) is 5. The summed E-state index contributed by atoms with van der Waals surface area (Å²) in [5, 5.41) is 12.5. The molecule has 0 bridgehead atoms. The van der Waals surface area contributed by atoms with Crippen LogP contribution in [0.4, 0.5) is 5.69 Å². The Morgan fingerprint density at radius 1 is 1.10 bits per heavy atom. The number of benzene rings is 2. The van der Waals surface area contributed by atoms with Gasteiger partial charge in [0, 0.05) is 28.8 Å². The minimum atomic E-state index is -2.09. The van der Waals surface area contributed by atoms with Gasteiger partial charge >= 0.3 is 0 Å². The van der Waals surface area contributed by atoms with Crippen molar-refractivity contribution in [2.24, 2.45) is 0 Å². The van der Waals surface area contributed by atoms with Crippen molar-refractivity contribution in [3.8, 4) is 11.3 Å². The molecule has 0 spiro atoms. The van der Waals surface area contributed by atoms with Crippen molar-refractivity contribution in [1.29, 1.82) is 0 Å².